The minimum absolute atomic E-state index is 0.0104. The minimum Gasteiger partial charge on any atom is -0.550 e. The second-order valence-electron chi connectivity index (χ2n) is 7.30. The van der Waals surface area contributed by atoms with Crippen molar-refractivity contribution < 1.29 is 24.2 Å². The Labute approximate surface area is 168 Å². The lowest BCUT2D eigenvalue weighted by atomic mass is 9.85. The maximum Gasteiger partial charge on any atom is 0.225 e. The second-order valence-corrected chi connectivity index (χ2v) is 8.44. The number of hydrogen-bond acceptors (Lipinski definition) is 6. The monoisotopic (exact) mass is 402 g/mol. The molecule has 0 fully saturated rings. The number of carboxylic acids is 1. The maximum atomic E-state index is 12.9. The summed E-state index contributed by atoms with van der Waals surface area (Å²) in [4.78, 5) is 37.2. The van der Waals surface area contributed by atoms with E-state index in [2.05, 4.69) is 5.32 Å². The van der Waals surface area contributed by atoms with Crippen LogP contribution in [0.25, 0.3) is 0 Å². The number of amides is 1. The molecule has 28 heavy (non-hydrogen) atoms. The molecular formula is C21H24NO5S-. The van der Waals surface area contributed by atoms with Gasteiger partial charge in [-0.05, 0) is 48.6 Å². The highest BCUT2D eigenvalue weighted by molar-refractivity contribution is 7.16. The summed E-state index contributed by atoms with van der Waals surface area (Å²) < 4.78 is 5.11. The molecule has 1 heterocycles. The van der Waals surface area contributed by atoms with Crippen LogP contribution in [-0.4, -0.2) is 24.8 Å². The number of rotatable bonds is 9. The zero-order valence-electron chi connectivity index (χ0n) is 16.5. The van der Waals surface area contributed by atoms with Crippen LogP contribution in [0, 0.1) is 5.41 Å². The Balaban J connectivity index is 2.23. The van der Waals surface area contributed by atoms with Crippen LogP contribution in [0.1, 0.15) is 54.4 Å². The number of ether oxygens (including phenoxy) is 1. The van der Waals surface area contributed by atoms with Gasteiger partial charge in [-0.2, -0.15) is 0 Å². The highest BCUT2D eigenvalue weighted by Crippen LogP contribution is 2.32. The van der Waals surface area contributed by atoms with E-state index >= 15 is 0 Å². The molecule has 2 rings (SSSR count). The molecule has 1 aromatic heterocycles. The average Bonchev–Trinajstić information content (AvgIpc) is 3.02. The van der Waals surface area contributed by atoms with E-state index in [1.54, 1.807) is 51.3 Å². The van der Waals surface area contributed by atoms with Crippen molar-refractivity contribution in [2.45, 2.75) is 40.0 Å². The van der Waals surface area contributed by atoms with Gasteiger partial charge in [-0.15, -0.1) is 11.3 Å². The number of nitrogens with one attached hydrogen (secondary N) is 1. The van der Waals surface area contributed by atoms with E-state index < -0.39 is 11.4 Å². The smallest absolute Gasteiger partial charge is 0.225 e. The summed E-state index contributed by atoms with van der Waals surface area (Å²) in [6.07, 6.45) is 0.527. The third-order valence-corrected chi connectivity index (χ3v) is 5.44. The van der Waals surface area contributed by atoms with Gasteiger partial charge in [0.2, 0.25) is 5.91 Å². The number of anilines is 1. The molecule has 1 N–H and O–H groups in total. The lowest BCUT2D eigenvalue weighted by Crippen LogP contribution is -2.31. The Hall–Kier alpha value is -2.67. The normalized spacial score (nSPS) is 11.1. The van der Waals surface area contributed by atoms with Gasteiger partial charge in [-0.25, -0.2) is 0 Å². The van der Waals surface area contributed by atoms with Gasteiger partial charge in [0.1, 0.15) is 10.8 Å². The van der Waals surface area contributed by atoms with Crippen LogP contribution in [0.5, 0.6) is 5.75 Å². The molecule has 0 aliphatic carbocycles. The van der Waals surface area contributed by atoms with Gasteiger partial charge < -0.3 is 20.0 Å². The molecule has 2 aromatic rings. The van der Waals surface area contributed by atoms with Crippen LogP contribution in [0.4, 0.5) is 5.00 Å². The molecule has 1 amide bonds. The standard InChI is InChI=1S/C21H25NO5S/c1-5-15-10-16(19(26)13-6-8-14(27-4)9-7-13)20(28-15)22-17(23)11-21(2,3)12-18(24)25/h6-10H,5,11-12H2,1-4H3,(H,22,23)(H,24,25)/p-1. The number of carboxylic acid groups (broad SMARTS) is 1. The Morgan fingerprint density at radius 2 is 1.79 bits per heavy atom. The summed E-state index contributed by atoms with van der Waals surface area (Å²) in [6, 6.07) is 8.57. The highest BCUT2D eigenvalue weighted by atomic mass is 32.1. The van der Waals surface area contributed by atoms with E-state index in [-0.39, 0.29) is 24.5 Å². The summed E-state index contributed by atoms with van der Waals surface area (Å²) in [7, 11) is 1.55. The maximum absolute atomic E-state index is 12.9. The van der Waals surface area contributed by atoms with Crippen molar-refractivity contribution in [3.63, 3.8) is 0 Å². The molecule has 0 aliphatic rings. The van der Waals surface area contributed by atoms with E-state index in [0.717, 1.165) is 11.3 Å². The summed E-state index contributed by atoms with van der Waals surface area (Å²) >= 11 is 1.35. The van der Waals surface area contributed by atoms with Gasteiger partial charge >= 0.3 is 0 Å². The Morgan fingerprint density at radius 3 is 2.32 bits per heavy atom. The molecular weight excluding hydrogens is 378 g/mol. The molecule has 150 valence electrons. The lowest BCUT2D eigenvalue weighted by Gasteiger charge is -2.24. The Morgan fingerprint density at radius 1 is 1.14 bits per heavy atom. The van der Waals surface area contributed by atoms with E-state index in [0.29, 0.717) is 21.9 Å². The highest BCUT2D eigenvalue weighted by Gasteiger charge is 2.25. The van der Waals surface area contributed by atoms with Gasteiger partial charge in [0.25, 0.3) is 0 Å². The fourth-order valence-electron chi connectivity index (χ4n) is 2.83. The van der Waals surface area contributed by atoms with E-state index in [1.807, 2.05) is 6.92 Å². The first kappa shape index (κ1) is 21.6. The van der Waals surface area contributed by atoms with Gasteiger partial charge in [-0.3, -0.25) is 9.59 Å². The summed E-state index contributed by atoms with van der Waals surface area (Å²) in [6.45, 7) is 5.36. The molecule has 6 nitrogen and oxygen atoms in total. The zero-order valence-corrected chi connectivity index (χ0v) is 17.3. The van der Waals surface area contributed by atoms with Crippen LogP contribution in [0.15, 0.2) is 30.3 Å². The van der Waals surface area contributed by atoms with Crippen LogP contribution >= 0.6 is 11.3 Å². The first-order chi connectivity index (χ1) is 13.1. The molecule has 0 saturated carbocycles. The Bertz CT molecular complexity index is 867. The van der Waals surface area contributed by atoms with E-state index in [9.17, 15) is 19.5 Å². The molecule has 7 heteroatoms. The number of benzene rings is 1. The average molecular weight is 402 g/mol. The first-order valence-corrected chi connectivity index (χ1v) is 9.78. The number of ketones is 1. The summed E-state index contributed by atoms with van der Waals surface area (Å²) in [5.74, 6) is -1.07. The molecule has 0 aliphatic heterocycles. The van der Waals surface area contributed by atoms with Crippen LogP contribution in [0.3, 0.4) is 0 Å². The van der Waals surface area contributed by atoms with Crippen molar-refractivity contribution in [3.05, 3.63) is 46.3 Å². The predicted octanol–water partition coefficient (Wildman–Crippen LogP) is 3.04. The molecule has 0 atom stereocenters. The van der Waals surface area contributed by atoms with Crippen molar-refractivity contribution in [1.29, 1.82) is 0 Å². The third-order valence-electron chi connectivity index (χ3n) is 4.24. The van der Waals surface area contributed by atoms with Crippen LogP contribution in [-0.2, 0) is 16.0 Å². The molecule has 0 spiro atoms. The molecule has 1 aromatic carbocycles. The van der Waals surface area contributed by atoms with Gasteiger partial charge in [0.05, 0.1) is 12.7 Å². The number of aliphatic carboxylic acids is 1. The van der Waals surface area contributed by atoms with Gasteiger partial charge in [0.15, 0.2) is 5.78 Å². The van der Waals surface area contributed by atoms with E-state index in [4.69, 9.17) is 4.74 Å². The van der Waals surface area contributed by atoms with Crippen LogP contribution in [0.2, 0.25) is 0 Å². The zero-order chi connectivity index (χ0) is 20.9. The van der Waals surface area contributed by atoms with Crippen molar-refractivity contribution >= 4 is 34.0 Å². The van der Waals surface area contributed by atoms with Crippen molar-refractivity contribution in [1.82, 2.24) is 0 Å². The predicted molar refractivity (Wildman–Crippen MR) is 107 cm³/mol. The fraction of sp³-hybridized carbons (Fsp3) is 0.381. The SMILES string of the molecule is CCc1cc(C(=O)c2ccc(OC)cc2)c(NC(=O)CC(C)(C)CC(=O)[O-])s1. The number of carbonyl (C=O) groups excluding carboxylic acids is 3. The Kier molecular flexibility index (Phi) is 6.96. The molecule has 0 unspecified atom stereocenters. The number of aryl methyl sites for hydroxylation is 1. The van der Waals surface area contributed by atoms with E-state index in [1.165, 1.54) is 11.3 Å². The summed E-state index contributed by atoms with van der Waals surface area (Å²) in [5.41, 5.74) is 0.181. The van der Waals surface area contributed by atoms with Crippen molar-refractivity contribution in [3.8, 4) is 5.75 Å². The number of hydrogen-bond donors (Lipinski definition) is 1. The number of thiophene rings is 1. The quantitative estimate of drug-likeness (QED) is 0.651. The van der Waals surface area contributed by atoms with Crippen molar-refractivity contribution in [2.75, 3.05) is 12.4 Å². The minimum atomic E-state index is -1.20. The first-order valence-electron chi connectivity index (χ1n) is 8.96. The lowest BCUT2D eigenvalue weighted by molar-refractivity contribution is -0.307. The van der Waals surface area contributed by atoms with Gasteiger partial charge in [-0.1, -0.05) is 20.8 Å². The topological polar surface area (TPSA) is 95.5 Å². The van der Waals surface area contributed by atoms with Gasteiger partial charge in [0, 0.05) is 22.8 Å². The number of methoxy groups -OCH3 is 1. The molecule has 0 radical (unpaired) electrons. The molecule has 0 bridgehead atoms. The van der Waals surface area contributed by atoms with Crippen LogP contribution < -0.4 is 15.2 Å². The third kappa shape index (κ3) is 5.66. The number of carbonyl (C=O) groups is 3. The fourth-order valence-corrected chi connectivity index (χ4v) is 3.84. The summed E-state index contributed by atoms with van der Waals surface area (Å²) in [5, 5.41) is 14.1. The van der Waals surface area contributed by atoms with Crippen molar-refractivity contribution in [2.24, 2.45) is 5.41 Å². The largest absolute Gasteiger partial charge is 0.550 e. The molecule has 0 saturated heterocycles. The second kappa shape index (κ2) is 9.01.